The molecule has 5 rings (SSSR count). The predicted octanol–water partition coefficient (Wildman–Crippen LogP) is 3.20. The van der Waals surface area contributed by atoms with Gasteiger partial charge in [-0.25, -0.2) is 4.98 Å². The van der Waals surface area contributed by atoms with Gasteiger partial charge in [0.15, 0.2) is 0 Å². The number of aromatic hydroxyl groups is 1. The van der Waals surface area contributed by atoms with Crippen LogP contribution in [-0.2, 0) is 12.0 Å². The maximum Gasteiger partial charge on any atom is 0.268 e. The second-order valence-electron chi connectivity index (χ2n) is 9.73. The molecule has 1 aliphatic carbocycles. The molecular weight excluding hydrogens is 414 g/mol. The quantitative estimate of drug-likeness (QED) is 0.539. The highest BCUT2D eigenvalue weighted by Crippen LogP contribution is 2.39. The summed E-state index contributed by atoms with van der Waals surface area (Å²) in [5.41, 5.74) is 9.47. The average molecular weight is 448 g/mol. The van der Waals surface area contributed by atoms with Crippen molar-refractivity contribution in [3.05, 3.63) is 65.6 Å². The van der Waals surface area contributed by atoms with Crippen LogP contribution in [0.15, 0.2) is 48.7 Å². The highest BCUT2D eigenvalue weighted by Gasteiger charge is 2.34. The number of benzene rings is 1. The number of imidazole rings is 1. The molecule has 0 bridgehead atoms. The Morgan fingerprint density at radius 2 is 1.94 bits per heavy atom. The predicted molar refractivity (Wildman–Crippen MR) is 128 cm³/mol. The van der Waals surface area contributed by atoms with Gasteiger partial charge in [-0.1, -0.05) is 37.5 Å². The molecule has 2 fully saturated rings. The molecule has 1 aromatic carbocycles. The molecule has 1 saturated heterocycles. The summed E-state index contributed by atoms with van der Waals surface area (Å²) in [7, 11) is 0. The first-order chi connectivity index (χ1) is 16.0. The fraction of sp³-hybridized carbons (Fsp3) is 0.462. The first-order valence-electron chi connectivity index (χ1n) is 12.1. The maximum atomic E-state index is 13.3. The normalized spacial score (nSPS) is 20.8. The number of hydrogen-bond donors (Lipinski definition) is 3. The molecule has 7 heteroatoms. The Balaban J connectivity index is 1.34. The van der Waals surface area contributed by atoms with Crippen molar-refractivity contribution in [2.75, 3.05) is 19.6 Å². The third-order valence-corrected chi connectivity index (χ3v) is 7.35. The number of nitrogens with zero attached hydrogens (tertiary/aromatic N) is 3. The summed E-state index contributed by atoms with van der Waals surface area (Å²) in [4.78, 5) is 20.4. The lowest BCUT2D eigenvalue weighted by molar-refractivity contribution is 0.0930. The van der Waals surface area contributed by atoms with Crippen molar-refractivity contribution in [1.29, 1.82) is 0 Å². The van der Waals surface area contributed by atoms with Crippen LogP contribution < -0.4 is 11.1 Å². The lowest BCUT2D eigenvalue weighted by Crippen LogP contribution is -2.42. The molecule has 0 radical (unpaired) electrons. The van der Waals surface area contributed by atoms with Gasteiger partial charge >= 0.3 is 0 Å². The number of carbonyl (C=O) groups excluding carboxylic acids is 1. The summed E-state index contributed by atoms with van der Waals surface area (Å²) >= 11 is 0. The number of nitrogens with two attached hydrogens (primary N) is 1. The number of phenols is 1. The molecule has 0 spiro atoms. The van der Waals surface area contributed by atoms with Gasteiger partial charge in [-0.15, -0.1) is 0 Å². The van der Waals surface area contributed by atoms with Crippen LogP contribution in [-0.4, -0.2) is 51.0 Å². The van der Waals surface area contributed by atoms with Gasteiger partial charge in [-0.05, 0) is 49.1 Å². The van der Waals surface area contributed by atoms with Crippen LogP contribution in [0.1, 0.15) is 60.3 Å². The van der Waals surface area contributed by atoms with Crippen molar-refractivity contribution in [3.63, 3.8) is 0 Å². The van der Waals surface area contributed by atoms with E-state index < -0.39 is 0 Å². The molecule has 33 heavy (non-hydrogen) atoms. The minimum absolute atomic E-state index is 0.0866. The molecule has 1 atom stereocenters. The van der Waals surface area contributed by atoms with Gasteiger partial charge in [0.25, 0.3) is 5.91 Å². The third-order valence-electron chi connectivity index (χ3n) is 7.35. The largest absolute Gasteiger partial charge is 0.508 e. The average Bonchev–Trinajstić information content (AvgIpc) is 3.43. The molecule has 3 aromatic rings. The lowest BCUT2D eigenvalue weighted by Gasteiger charge is -2.38. The Labute approximate surface area is 194 Å². The zero-order valence-electron chi connectivity index (χ0n) is 19.0. The maximum absolute atomic E-state index is 13.3. The molecule has 174 valence electrons. The monoisotopic (exact) mass is 447 g/mol. The number of rotatable bonds is 6. The molecule has 1 saturated carbocycles. The minimum atomic E-state index is -0.0931. The Morgan fingerprint density at radius 3 is 2.67 bits per heavy atom. The summed E-state index contributed by atoms with van der Waals surface area (Å²) < 4.78 is 1.90. The van der Waals surface area contributed by atoms with Crippen LogP contribution in [0.4, 0.5) is 0 Å². The fourth-order valence-electron chi connectivity index (χ4n) is 5.51. The highest BCUT2D eigenvalue weighted by molar-refractivity contribution is 5.93. The van der Waals surface area contributed by atoms with Crippen LogP contribution in [0.2, 0.25) is 0 Å². The molecule has 7 nitrogen and oxygen atoms in total. The van der Waals surface area contributed by atoms with Crippen LogP contribution in [0.5, 0.6) is 5.75 Å². The van der Waals surface area contributed by atoms with Gasteiger partial charge in [-0.2, -0.15) is 0 Å². The van der Waals surface area contributed by atoms with Crippen LogP contribution in [0, 0.1) is 0 Å². The molecule has 1 aliphatic heterocycles. The summed E-state index contributed by atoms with van der Waals surface area (Å²) in [5.74, 6) is 0.184. The van der Waals surface area contributed by atoms with E-state index in [0.29, 0.717) is 12.2 Å². The molecule has 4 N–H and O–H groups in total. The van der Waals surface area contributed by atoms with Crippen LogP contribution in [0.3, 0.4) is 0 Å². The third kappa shape index (κ3) is 4.61. The Morgan fingerprint density at radius 1 is 1.15 bits per heavy atom. The lowest BCUT2D eigenvalue weighted by atomic mass is 9.69. The standard InChI is InChI=1S/C26H33N5O2/c27-20-11-14-30(15-20)16-21-17-31-23(5-4-6-24(31)29-21)25(33)28-18-26(12-2-1-3-13-26)19-7-9-22(32)10-8-19/h4-10,17,20,32H,1-3,11-16,18,27H2,(H,28,33). The summed E-state index contributed by atoms with van der Waals surface area (Å²) in [5, 5.41) is 12.9. The topological polar surface area (TPSA) is 95.9 Å². The number of pyridine rings is 1. The summed E-state index contributed by atoms with van der Waals surface area (Å²) in [6, 6.07) is 13.4. The number of aromatic nitrogens is 2. The van der Waals surface area contributed by atoms with Gasteiger partial charge in [0.2, 0.25) is 0 Å². The molecule has 1 amide bonds. The number of likely N-dealkylation sites (tertiary alicyclic amines) is 1. The van der Waals surface area contributed by atoms with Crippen molar-refractivity contribution in [2.45, 2.75) is 56.5 Å². The molecule has 2 aliphatic rings. The van der Waals surface area contributed by atoms with Gasteiger partial charge in [0.1, 0.15) is 17.1 Å². The number of carbonyl (C=O) groups is 1. The van der Waals surface area contributed by atoms with E-state index in [1.807, 2.05) is 40.9 Å². The van der Waals surface area contributed by atoms with E-state index in [1.165, 1.54) is 12.0 Å². The van der Waals surface area contributed by atoms with E-state index in [-0.39, 0.29) is 23.1 Å². The Bertz CT molecular complexity index is 1120. The number of phenolic OH excluding ortho intramolecular Hbond substituents is 1. The number of nitrogens with one attached hydrogen (secondary N) is 1. The van der Waals surface area contributed by atoms with E-state index in [4.69, 9.17) is 10.7 Å². The second kappa shape index (κ2) is 9.15. The van der Waals surface area contributed by atoms with Crippen molar-refractivity contribution in [2.24, 2.45) is 5.73 Å². The van der Waals surface area contributed by atoms with E-state index in [2.05, 4.69) is 10.2 Å². The van der Waals surface area contributed by atoms with Crippen molar-refractivity contribution < 1.29 is 9.90 Å². The van der Waals surface area contributed by atoms with Crippen molar-refractivity contribution >= 4 is 11.6 Å². The first kappa shape index (κ1) is 21.9. The van der Waals surface area contributed by atoms with Gasteiger partial charge in [0, 0.05) is 43.8 Å². The summed E-state index contributed by atoms with van der Waals surface area (Å²) in [6.45, 7) is 3.21. The summed E-state index contributed by atoms with van der Waals surface area (Å²) in [6.07, 6.45) is 8.60. The van der Waals surface area contributed by atoms with Crippen LogP contribution >= 0.6 is 0 Å². The Kier molecular flexibility index (Phi) is 6.08. The molecular formula is C26H33N5O2. The molecule has 2 aromatic heterocycles. The molecule has 1 unspecified atom stereocenters. The first-order valence-corrected chi connectivity index (χ1v) is 12.1. The van der Waals surface area contributed by atoms with Crippen molar-refractivity contribution in [3.8, 4) is 5.75 Å². The van der Waals surface area contributed by atoms with E-state index in [0.717, 1.165) is 63.1 Å². The molecule has 3 heterocycles. The van der Waals surface area contributed by atoms with E-state index >= 15 is 0 Å². The zero-order chi connectivity index (χ0) is 22.8. The van der Waals surface area contributed by atoms with Gasteiger partial charge < -0.3 is 16.2 Å². The number of hydrogen-bond acceptors (Lipinski definition) is 5. The minimum Gasteiger partial charge on any atom is -0.508 e. The second-order valence-corrected chi connectivity index (χ2v) is 9.73. The van der Waals surface area contributed by atoms with Gasteiger partial charge in [-0.3, -0.25) is 14.1 Å². The van der Waals surface area contributed by atoms with Crippen molar-refractivity contribution in [1.82, 2.24) is 19.6 Å². The smallest absolute Gasteiger partial charge is 0.268 e. The number of fused-ring (bicyclic) bond motifs is 1. The number of amides is 1. The zero-order valence-corrected chi connectivity index (χ0v) is 19.0. The SMILES string of the molecule is NC1CCN(Cc2cn3c(C(=O)NCC4(c5ccc(O)cc5)CCCCC4)cccc3n2)C1. The Hall–Kier alpha value is -2.90. The van der Waals surface area contributed by atoms with Crippen LogP contribution in [0.25, 0.3) is 5.65 Å². The highest BCUT2D eigenvalue weighted by atomic mass is 16.3. The van der Waals surface area contributed by atoms with E-state index in [9.17, 15) is 9.90 Å². The fourth-order valence-corrected chi connectivity index (χ4v) is 5.51. The van der Waals surface area contributed by atoms with Gasteiger partial charge in [0.05, 0.1) is 5.69 Å². The van der Waals surface area contributed by atoms with E-state index in [1.54, 1.807) is 12.1 Å².